The third-order valence-electron chi connectivity index (χ3n) is 4.79. The molecule has 0 unspecified atom stereocenters. The van der Waals surface area contributed by atoms with Crippen LogP contribution >= 0.6 is 0 Å². The van der Waals surface area contributed by atoms with Crippen LogP contribution in [0, 0.1) is 6.92 Å². The molecule has 5 nitrogen and oxygen atoms in total. The minimum atomic E-state index is 0.0149. The first-order valence-corrected chi connectivity index (χ1v) is 8.94. The van der Waals surface area contributed by atoms with E-state index in [2.05, 4.69) is 4.90 Å². The number of phenols is 1. The highest BCUT2D eigenvalue weighted by molar-refractivity contribution is 5.98. The quantitative estimate of drug-likeness (QED) is 0.841. The Morgan fingerprint density at radius 1 is 0.885 bits per heavy atom. The second-order valence-electron chi connectivity index (χ2n) is 6.67. The largest absolute Gasteiger partial charge is 0.508 e. The van der Waals surface area contributed by atoms with Crippen molar-refractivity contribution in [1.82, 2.24) is 4.90 Å². The molecule has 1 saturated heterocycles. The molecule has 5 heteroatoms. The van der Waals surface area contributed by atoms with Gasteiger partial charge in [0.25, 0.3) is 0 Å². The number of Topliss-reactive ketones (excluding diaryl/α,β-unsaturated/α-hetero) is 1. The molecule has 1 fully saturated rings. The van der Waals surface area contributed by atoms with Crippen molar-refractivity contribution in [3.63, 3.8) is 0 Å². The molecule has 0 spiro atoms. The average Bonchev–Trinajstić information content (AvgIpc) is 2.67. The van der Waals surface area contributed by atoms with Crippen LogP contribution in [0.3, 0.4) is 0 Å². The summed E-state index contributed by atoms with van der Waals surface area (Å²) in [6.07, 6.45) is 0.506. The molecule has 26 heavy (non-hydrogen) atoms. The van der Waals surface area contributed by atoms with Crippen LogP contribution < -0.4 is 4.90 Å². The third-order valence-corrected chi connectivity index (χ3v) is 4.79. The molecule has 136 valence electrons. The van der Waals surface area contributed by atoms with Gasteiger partial charge in [-0.25, -0.2) is 0 Å². The van der Waals surface area contributed by atoms with Crippen LogP contribution in [0.5, 0.6) is 5.75 Å². The maximum atomic E-state index is 12.4. The number of phenolic OH excluding ortho intramolecular Hbond substituents is 1. The molecule has 1 heterocycles. The Kier molecular flexibility index (Phi) is 5.56. The van der Waals surface area contributed by atoms with E-state index in [-0.39, 0.29) is 30.3 Å². The molecule has 0 atom stereocenters. The number of benzene rings is 2. The lowest BCUT2D eigenvalue weighted by Crippen LogP contribution is -2.48. The van der Waals surface area contributed by atoms with Crippen molar-refractivity contribution in [3.8, 4) is 5.75 Å². The van der Waals surface area contributed by atoms with Crippen molar-refractivity contribution < 1.29 is 14.7 Å². The fourth-order valence-corrected chi connectivity index (χ4v) is 3.14. The van der Waals surface area contributed by atoms with E-state index >= 15 is 0 Å². The number of amides is 1. The van der Waals surface area contributed by atoms with Gasteiger partial charge < -0.3 is 14.9 Å². The Morgan fingerprint density at radius 2 is 1.50 bits per heavy atom. The fraction of sp³-hybridized carbons (Fsp3) is 0.333. The second kappa shape index (κ2) is 8.04. The van der Waals surface area contributed by atoms with Crippen molar-refractivity contribution in [1.29, 1.82) is 0 Å². The number of aromatic hydroxyl groups is 1. The smallest absolute Gasteiger partial charge is 0.223 e. The van der Waals surface area contributed by atoms with Crippen molar-refractivity contribution in [2.24, 2.45) is 0 Å². The number of carbonyl (C=O) groups is 2. The van der Waals surface area contributed by atoms with Crippen LogP contribution in [-0.4, -0.2) is 47.9 Å². The Balaban J connectivity index is 1.47. The molecule has 0 aromatic heterocycles. The van der Waals surface area contributed by atoms with E-state index in [9.17, 15) is 14.7 Å². The lowest BCUT2D eigenvalue weighted by atomic mass is 10.0. The van der Waals surface area contributed by atoms with Crippen LogP contribution in [0.2, 0.25) is 0 Å². The predicted octanol–water partition coefficient (Wildman–Crippen LogP) is 3.01. The first-order valence-electron chi connectivity index (χ1n) is 8.94. The van der Waals surface area contributed by atoms with Crippen LogP contribution in [0.4, 0.5) is 5.69 Å². The lowest BCUT2D eigenvalue weighted by molar-refractivity contribution is -0.131. The second-order valence-corrected chi connectivity index (χ2v) is 6.67. The summed E-state index contributed by atoms with van der Waals surface area (Å²) >= 11 is 0. The summed E-state index contributed by atoms with van der Waals surface area (Å²) in [5.41, 5.74) is 2.83. The van der Waals surface area contributed by atoms with Gasteiger partial charge in [0, 0.05) is 50.3 Å². The summed E-state index contributed by atoms with van der Waals surface area (Å²) in [5.74, 6) is 0.303. The minimum absolute atomic E-state index is 0.0149. The molecule has 0 bridgehead atoms. The Bertz CT molecular complexity index is 761. The number of hydrogen-bond donors (Lipinski definition) is 1. The van der Waals surface area contributed by atoms with Crippen LogP contribution in [0.1, 0.15) is 28.8 Å². The summed E-state index contributed by atoms with van der Waals surface area (Å²) < 4.78 is 0. The molecule has 1 aliphatic heterocycles. The zero-order chi connectivity index (χ0) is 18.5. The van der Waals surface area contributed by atoms with E-state index in [1.807, 2.05) is 48.2 Å². The normalized spacial score (nSPS) is 14.3. The topological polar surface area (TPSA) is 60.9 Å². The zero-order valence-corrected chi connectivity index (χ0v) is 15.0. The van der Waals surface area contributed by atoms with E-state index in [0.29, 0.717) is 18.7 Å². The molecule has 0 saturated carbocycles. The van der Waals surface area contributed by atoms with Gasteiger partial charge in [-0.05, 0) is 31.2 Å². The van der Waals surface area contributed by atoms with Gasteiger partial charge in [0.2, 0.25) is 5.91 Å². The molecular formula is C21H24N2O3. The zero-order valence-electron chi connectivity index (χ0n) is 15.0. The summed E-state index contributed by atoms with van der Waals surface area (Å²) in [7, 11) is 0. The standard InChI is InChI=1S/C21H24N2O3/c1-16-2-4-17(5-3-16)20(25)10-11-21(26)23-14-12-22(13-15-23)18-6-8-19(24)9-7-18/h2-9,24H,10-15H2,1H3. The Labute approximate surface area is 153 Å². The van der Waals surface area contributed by atoms with Crippen molar-refractivity contribution in [2.45, 2.75) is 19.8 Å². The minimum Gasteiger partial charge on any atom is -0.508 e. The molecular weight excluding hydrogens is 328 g/mol. The lowest BCUT2D eigenvalue weighted by Gasteiger charge is -2.36. The van der Waals surface area contributed by atoms with Gasteiger partial charge in [0.1, 0.15) is 5.75 Å². The maximum absolute atomic E-state index is 12.4. The van der Waals surface area contributed by atoms with Crippen molar-refractivity contribution in [2.75, 3.05) is 31.1 Å². The highest BCUT2D eigenvalue weighted by atomic mass is 16.3. The number of nitrogens with zero attached hydrogens (tertiary/aromatic N) is 2. The van der Waals surface area contributed by atoms with Crippen LogP contribution in [-0.2, 0) is 4.79 Å². The highest BCUT2D eigenvalue weighted by Gasteiger charge is 2.21. The first-order chi connectivity index (χ1) is 12.5. The summed E-state index contributed by atoms with van der Waals surface area (Å²) in [4.78, 5) is 28.6. The van der Waals surface area contributed by atoms with Gasteiger partial charge in [-0.1, -0.05) is 29.8 Å². The fourth-order valence-electron chi connectivity index (χ4n) is 3.14. The number of ketones is 1. The summed E-state index contributed by atoms with van der Waals surface area (Å²) in [6.45, 7) is 4.79. The number of aryl methyl sites for hydroxylation is 1. The van der Waals surface area contributed by atoms with E-state index < -0.39 is 0 Å². The van der Waals surface area contributed by atoms with Gasteiger partial charge >= 0.3 is 0 Å². The molecule has 2 aromatic carbocycles. The van der Waals surface area contributed by atoms with Gasteiger partial charge in [0.05, 0.1) is 0 Å². The molecule has 1 aliphatic rings. The molecule has 3 rings (SSSR count). The van der Waals surface area contributed by atoms with E-state index in [1.165, 1.54) is 0 Å². The predicted molar refractivity (Wildman–Crippen MR) is 102 cm³/mol. The number of anilines is 1. The van der Waals surface area contributed by atoms with Crippen molar-refractivity contribution in [3.05, 3.63) is 59.7 Å². The van der Waals surface area contributed by atoms with Crippen LogP contribution in [0.25, 0.3) is 0 Å². The molecule has 0 radical (unpaired) electrons. The Morgan fingerprint density at radius 3 is 2.12 bits per heavy atom. The third kappa shape index (κ3) is 4.42. The number of rotatable bonds is 5. The van der Waals surface area contributed by atoms with Gasteiger partial charge in [-0.2, -0.15) is 0 Å². The van der Waals surface area contributed by atoms with E-state index in [0.717, 1.165) is 24.3 Å². The maximum Gasteiger partial charge on any atom is 0.223 e. The first kappa shape index (κ1) is 18.0. The van der Waals surface area contributed by atoms with Gasteiger partial charge in [-0.3, -0.25) is 9.59 Å². The number of piperazine rings is 1. The van der Waals surface area contributed by atoms with Gasteiger partial charge in [-0.15, -0.1) is 0 Å². The van der Waals surface area contributed by atoms with E-state index in [4.69, 9.17) is 0 Å². The SMILES string of the molecule is Cc1ccc(C(=O)CCC(=O)N2CCN(c3ccc(O)cc3)CC2)cc1. The molecule has 2 aromatic rings. The van der Waals surface area contributed by atoms with Gasteiger partial charge in [0.15, 0.2) is 5.78 Å². The number of carbonyl (C=O) groups excluding carboxylic acids is 2. The van der Waals surface area contributed by atoms with E-state index in [1.54, 1.807) is 12.1 Å². The summed E-state index contributed by atoms with van der Waals surface area (Å²) in [5, 5.41) is 9.37. The molecule has 1 amide bonds. The Hall–Kier alpha value is -2.82. The van der Waals surface area contributed by atoms with Crippen LogP contribution in [0.15, 0.2) is 48.5 Å². The molecule has 1 N–H and O–H groups in total. The monoisotopic (exact) mass is 352 g/mol. The highest BCUT2D eigenvalue weighted by Crippen LogP contribution is 2.20. The summed E-state index contributed by atoms with van der Waals surface area (Å²) in [6, 6.07) is 14.6. The molecule has 0 aliphatic carbocycles. The number of hydrogen-bond acceptors (Lipinski definition) is 4. The average molecular weight is 352 g/mol. The van der Waals surface area contributed by atoms with Crippen molar-refractivity contribution >= 4 is 17.4 Å².